The van der Waals surface area contributed by atoms with Crippen LogP contribution in [0.1, 0.15) is 56.7 Å². The molecular weight excluding hydrogens is 352 g/mol. The van der Waals surface area contributed by atoms with Crippen LogP contribution in [-0.2, 0) is 0 Å². The van der Waals surface area contributed by atoms with Crippen LogP contribution >= 0.6 is 0 Å². The molecule has 2 aromatic rings. The highest BCUT2D eigenvalue weighted by molar-refractivity contribution is 5.64. The number of benzene rings is 2. The predicted octanol–water partition coefficient (Wildman–Crippen LogP) is 5.25. The molecule has 2 atom stereocenters. The highest BCUT2D eigenvalue weighted by Gasteiger charge is 2.42. The SMILES string of the molecule is CCCC[C@]1(CC)CNc2cc(OC)c(OC)cc2[C@@H](c2ccccc2)N1O. The molecule has 1 aliphatic rings. The Hall–Kier alpha value is -2.24. The minimum atomic E-state index is -0.351. The summed E-state index contributed by atoms with van der Waals surface area (Å²) >= 11 is 0. The van der Waals surface area contributed by atoms with Crippen molar-refractivity contribution < 1.29 is 14.7 Å². The van der Waals surface area contributed by atoms with Crippen LogP contribution in [0.4, 0.5) is 5.69 Å². The van der Waals surface area contributed by atoms with Gasteiger partial charge in [0.05, 0.1) is 25.8 Å². The highest BCUT2D eigenvalue weighted by atomic mass is 16.5. The van der Waals surface area contributed by atoms with Gasteiger partial charge in [0.2, 0.25) is 0 Å². The molecule has 5 nitrogen and oxygen atoms in total. The maximum Gasteiger partial charge on any atom is 0.162 e. The lowest BCUT2D eigenvalue weighted by atomic mass is 9.86. The van der Waals surface area contributed by atoms with E-state index in [1.54, 1.807) is 19.3 Å². The molecule has 152 valence electrons. The van der Waals surface area contributed by atoms with Gasteiger partial charge in [0, 0.05) is 23.9 Å². The van der Waals surface area contributed by atoms with Crippen LogP contribution in [-0.4, -0.2) is 36.6 Å². The van der Waals surface area contributed by atoms with E-state index >= 15 is 0 Å². The molecule has 1 aliphatic heterocycles. The van der Waals surface area contributed by atoms with Gasteiger partial charge < -0.3 is 20.0 Å². The number of methoxy groups -OCH3 is 2. The normalized spacial score (nSPS) is 22.1. The van der Waals surface area contributed by atoms with Crippen molar-refractivity contribution in [2.24, 2.45) is 0 Å². The summed E-state index contributed by atoms with van der Waals surface area (Å²) in [5.74, 6) is 1.34. The van der Waals surface area contributed by atoms with Gasteiger partial charge in [0.25, 0.3) is 0 Å². The number of anilines is 1. The van der Waals surface area contributed by atoms with E-state index in [1.165, 1.54) is 0 Å². The molecule has 1 heterocycles. The first-order chi connectivity index (χ1) is 13.6. The molecule has 0 spiro atoms. The summed E-state index contributed by atoms with van der Waals surface area (Å²) in [6.45, 7) is 5.01. The first-order valence-electron chi connectivity index (χ1n) is 10.1. The van der Waals surface area contributed by atoms with Gasteiger partial charge in [-0.3, -0.25) is 0 Å². The van der Waals surface area contributed by atoms with Crippen LogP contribution in [0.15, 0.2) is 42.5 Å². The zero-order valence-corrected chi connectivity index (χ0v) is 17.4. The van der Waals surface area contributed by atoms with Crippen LogP contribution in [0, 0.1) is 0 Å². The molecule has 3 rings (SSSR count). The summed E-state index contributed by atoms with van der Waals surface area (Å²) in [4.78, 5) is 0. The van der Waals surface area contributed by atoms with Gasteiger partial charge in [-0.1, -0.05) is 57.0 Å². The number of hydrogen-bond acceptors (Lipinski definition) is 5. The fraction of sp³-hybridized carbons (Fsp3) is 0.478. The summed E-state index contributed by atoms with van der Waals surface area (Å²) in [5, 5.41) is 16.8. The standard InChI is InChI=1S/C23H32N2O3/c1-5-7-13-23(6-2)16-24-19-15-21(28-4)20(27-3)14-18(19)22(25(23)26)17-11-9-8-10-12-17/h8-12,14-15,22,24,26H,5-7,13,16H2,1-4H3/t22-,23-/m1/s1. The van der Waals surface area contributed by atoms with Gasteiger partial charge in [0.15, 0.2) is 11.5 Å². The quantitative estimate of drug-likeness (QED) is 0.683. The minimum Gasteiger partial charge on any atom is -0.493 e. The number of rotatable bonds is 7. The number of nitrogens with zero attached hydrogens (tertiary/aromatic N) is 1. The average molecular weight is 385 g/mol. The van der Waals surface area contributed by atoms with Crippen LogP contribution < -0.4 is 14.8 Å². The zero-order valence-electron chi connectivity index (χ0n) is 17.4. The lowest BCUT2D eigenvalue weighted by molar-refractivity contribution is -0.195. The minimum absolute atomic E-state index is 0.289. The number of fused-ring (bicyclic) bond motifs is 1. The van der Waals surface area contributed by atoms with Crippen LogP contribution in [0.5, 0.6) is 11.5 Å². The van der Waals surface area contributed by atoms with Crippen molar-refractivity contribution in [1.82, 2.24) is 5.06 Å². The first kappa shape index (κ1) is 20.5. The lowest BCUT2D eigenvalue weighted by Gasteiger charge is -2.42. The highest BCUT2D eigenvalue weighted by Crippen LogP contribution is 2.45. The largest absolute Gasteiger partial charge is 0.493 e. The van der Waals surface area contributed by atoms with Gasteiger partial charge in [-0.2, -0.15) is 5.06 Å². The summed E-state index contributed by atoms with van der Waals surface area (Å²) < 4.78 is 11.1. The Labute approximate surface area is 168 Å². The molecule has 0 aromatic heterocycles. The Morgan fingerprint density at radius 2 is 1.79 bits per heavy atom. The second kappa shape index (κ2) is 8.84. The van der Waals surface area contributed by atoms with Gasteiger partial charge in [-0.05, 0) is 24.5 Å². The molecule has 2 aromatic carbocycles. The van der Waals surface area contributed by atoms with Crippen molar-refractivity contribution in [3.05, 3.63) is 53.6 Å². The zero-order chi connectivity index (χ0) is 20.1. The summed E-state index contributed by atoms with van der Waals surface area (Å²) in [7, 11) is 3.28. The monoisotopic (exact) mass is 384 g/mol. The predicted molar refractivity (Wildman–Crippen MR) is 112 cm³/mol. The summed E-state index contributed by atoms with van der Waals surface area (Å²) in [6, 6.07) is 13.8. The molecule has 0 radical (unpaired) electrons. The average Bonchev–Trinajstić information content (AvgIpc) is 2.86. The molecule has 0 amide bonds. The van der Waals surface area contributed by atoms with Crippen molar-refractivity contribution in [3.8, 4) is 11.5 Å². The number of unbranched alkanes of at least 4 members (excludes halogenated alkanes) is 1. The van der Waals surface area contributed by atoms with Gasteiger partial charge in [-0.15, -0.1) is 0 Å². The third kappa shape index (κ3) is 3.69. The van der Waals surface area contributed by atoms with Crippen molar-refractivity contribution in [2.75, 3.05) is 26.1 Å². The topological polar surface area (TPSA) is 54.0 Å². The first-order valence-corrected chi connectivity index (χ1v) is 10.1. The second-order valence-electron chi connectivity index (χ2n) is 7.49. The Balaban J connectivity index is 2.18. The molecular formula is C23H32N2O3. The molecule has 0 saturated carbocycles. The van der Waals surface area contributed by atoms with E-state index in [2.05, 4.69) is 31.3 Å². The third-order valence-corrected chi connectivity index (χ3v) is 5.96. The maximum atomic E-state index is 11.6. The molecule has 0 fully saturated rings. The molecule has 0 bridgehead atoms. The van der Waals surface area contributed by atoms with E-state index in [4.69, 9.17) is 9.47 Å². The molecule has 0 unspecified atom stereocenters. The van der Waals surface area contributed by atoms with Crippen molar-refractivity contribution in [1.29, 1.82) is 0 Å². The summed E-state index contributed by atoms with van der Waals surface area (Å²) in [6.07, 6.45) is 3.94. The van der Waals surface area contributed by atoms with E-state index in [0.29, 0.717) is 18.0 Å². The number of hydrogen-bond donors (Lipinski definition) is 2. The van der Waals surface area contributed by atoms with Gasteiger partial charge in [-0.25, -0.2) is 0 Å². The van der Waals surface area contributed by atoms with E-state index in [0.717, 1.165) is 42.5 Å². The summed E-state index contributed by atoms with van der Waals surface area (Å²) in [5.41, 5.74) is 2.66. The molecule has 28 heavy (non-hydrogen) atoms. The smallest absolute Gasteiger partial charge is 0.162 e. The Morgan fingerprint density at radius 1 is 1.11 bits per heavy atom. The van der Waals surface area contributed by atoms with Gasteiger partial charge in [0.1, 0.15) is 0 Å². The Bertz CT molecular complexity index is 781. The maximum absolute atomic E-state index is 11.6. The van der Waals surface area contributed by atoms with E-state index in [-0.39, 0.29) is 11.6 Å². The van der Waals surface area contributed by atoms with Crippen molar-refractivity contribution >= 4 is 5.69 Å². The number of nitrogens with one attached hydrogen (secondary N) is 1. The van der Waals surface area contributed by atoms with E-state index < -0.39 is 0 Å². The molecule has 0 saturated heterocycles. The molecule has 5 heteroatoms. The Morgan fingerprint density at radius 3 is 2.39 bits per heavy atom. The van der Waals surface area contributed by atoms with E-state index in [1.807, 2.05) is 30.3 Å². The number of ether oxygens (including phenoxy) is 2. The fourth-order valence-electron chi connectivity index (χ4n) is 4.15. The molecule has 0 aliphatic carbocycles. The molecule has 2 N–H and O–H groups in total. The van der Waals surface area contributed by atoms with E-state index in [9.17, 15) is 5.21 Å². The lowest BCUT2D eigenvalue weighted by Crippen LogP contribution is -2.51. The van der Waals surface area contributed by atoms with Crippen LogP contribution in [0.3, 0.4) is 0 Å². The van der Waals surface area contributed by atoms with Crippen molar-refractivity contribution in [2.45, 2.75) is 51.1 Å². The van der Waals surface area contributed by atoms with Crippen LogP contribution in [0.25, 0.3) is 0 Å². The fourth-order valence-corrected chi connectivity index (χ4v) is 4.15. The van der Waals surface area contributed by atoms with Crippen molar-refractivity contribution in [3.63, 3.8) is 0 Å². The Kier molecular flexibility index (Phi) is 6.47. The van der Waals surface area contributed by atoms with Gasteiger partial charge >= 0.3 is 0 Å². The number of hydroxylamine groups is 2. The van der Waals surface area contributed by atoms with Crippen LogP contribution in [0.2, 0.25) is 0 Å². The third-order valence-electron chi connectivity index (χ3n) is 5.96. The second-order valence-corrected chi connectivity index (χ2v) is 7.49.